The van der Waals surface area contributed by atoms with Crippen LogP contribution in [0, 0.1) is 29.1 Å². The molecule has 27 heavy (non-hydrogen) atoms. The molecule has 0 atom stereocenters. The number of rotatable bonds is 4. The molecule has 152 valence electrons. The van der Waals surface area contributed by atoms with Crippen molar-refractivity contribution in [1.82, 2.24) is 0 Å². The third-order valence-electron chi connectivity index (χ3n) is 6.89. The summed E-state index contributed by atoms with van der Waals surface area (Å²) in [5.74, 6) is -4.38. The molecule has 0 amide bonds. The molecular weight excluding hydrogens is 344 g/mol. The van der Waals surface area contributed by atoms with Crippen molar-refractivity contribution in [1.29, 1.82) is 5.41 Å². The van der Waals surface area contributed by atoms with Crippen LogP contribution >= 0.6 is 0 Å². The van der Waals surface area contributed by atoms with Crippen molar-refractivity contribution in [2.45, 2.75) is 76.3 Å². The molecule has 0 aromatic carbocycles. The van der Waals surface area contributed by atoms with Crippen LogP contribution in [0.15, 0.2) is 23.4 Å². The normalized spacial score (nSPS) is 36.1. The van der Waals surface area contributed by atoms with Crippen molar-refractivity contribution in [3.8, 4) is 0 Å². The molecule has 0 saturated heterocycles. The summed E-state index contributed by atoms with van der Waals surface area (Å²) in [4.78, 5) is 0. The SMILES string of the molecule is CC1CCC(CCC2C(O)(O)CC(C3=CCC(=N)C(N)=C3)CC2(O)O)CC1. The fraction of sp³-hybridized carbons (Fsp3) is 0.762. The summed E-state index contributed by atoms with van der Waals surface area (Å²) >= 11 is 0. The van der Waals surface area contributed by atoms with Gasteiger partial charge < -0.3 is 31.6 Å². The third-order valence-corrected chi connectivity index (χ3v) is 6.89. The Labute approximate surface area is 161 Å². The molecule has 3 aliphatic carbocycles. The number of aliphatic hydroxyl groups is 4. The van der Waals surface area contributed by atoms with Gasteiger partial charge in [-0.1, -0.05) is 38.7 Å². The Hall–Kier alpha value is -1.21. The molecule has 0 heterocycles. The van der Waals surface area contributed by atoms with Crippen LogP contribution in [0.2, 0.25) is 0 Å². The molecule has 0 unspecified atom stereocenters. The first-order valence-corrected chi connectivity index (χ1v) is 10.2. The van der Waals surface area contributed by atoms with Crippen molar-refractivity contribution in [2.24, 2.45) is 29.4 Å². The monoisotopic (exact) mass is 378 g/mol. The van der Waals surface area contributed by atoms with E-state index >= 15 is 0 Å². The van der Waals surface area contributed by atoms with Crippen LogP contribution < -0.4 is 5.73 Å². The van der Waals surface area contributed by atoms with Gasteiger partial charge in [0.2, 0.25) is 0 Å². The molecule has 3 rings (SSSR count). The first-order valence-electron chi connectivity index (χ1n) is 10.2. The van der Waals surface area contributed by atoms with E-state index in [0.717, 1.165) is 30.8 Å². The van der Waals surface area contributed by atoms with Gasteiger partial charge in [0.25, 0.3) is 0 Å². The number of hydrogen-bond acceptors (Lipinski definition) is 6. The minimum absolute atomic E-state index is 0.0468. The average molecular weight is 379 g/mol. The van der Waals surface area contributed by atoms with Crippen molar-refractivity contribution in [3.05, 3.63) is 23.4 Å². The highest BCUT2D eigenvalue weighted by molar-refractivity contribution is 5.99. The molecule has 0 bridgehead atoms. The predicted octanol–water partition coefficient (Wildman–Crippen LogP) is 2.17. The van der Waals surface area contributed by atoms with E-state index in [1.807, 2.05) is 6.08 Å². The molecule has 2 fully saturated rings. The van der Waals surface area contributed by atoms with Crippen LogP contribution in [0.1, 0.15) is 64.7 Å². The zero-order valence-electron chi connectivity index (χ0n) is 16.2. The highest BCUT2D eigenvalue weighted by Gasteiger charge is 2.54. The van der Waals surface area contributed by atoms with Gasteiger partial charge in [-0.25, -0.2) is 0 Å². The van der Waals surface area contributed by atoms with Crippen LogP contribution in [0.25, 0.3) is 0 Å². The Bertz CT molecular complexity index is 612. The van der Waals surface area contributed by atoms with E-state index in [9.17, 15) is 20.4 Å². The molecule has 3 aliphatic rings. The molecule has 6 heteroatoms. The summed E-state index contributed by atoms with van der Waals surface area (Å²) < 4.78 is 0. The Kier molecular flexibility index (Phi) is 5.82. The molecule has 6 nitrogen and oxygen atoms in total. The molecule has 0 radical (unpaired) electrons. The van der Waals surface area contributed by atoms with Gasteiger partial charge in [-0.2, -0.15) is 0 Å². The molecule has 0 aliphatic heterocycles. The van der Waals surface area contributed by atoms with E-state index in [-0.39, 0.29) is 12.8 Å². The van der Waals surface area contributed by atoms with Crippen molar-refractivity contribution in [3.63, 3.8) is 0 Å². The highest BCUT2D eigenvalue weighted by Crippen LogP contribution is 2.47. The number of hydrogen-bond donors (Lipinski definition) is 6. The lowest BCUT2D eigenvalue weighted by Crippen LogP contribution is -2.58. The standard InChI is InChI=1S/C21H34N2O4/c1-13-2-4-14(5-3-13)6-9-19-20(24,25)11-16(12-21(19,26)27)15-7-8-17(22)18(23)10-15/h7,10,13-14,16,19,22,24-27H,2-6,8-9,11-12,23H2,1H3. The van der Waals surface area contributed by atoms with E-state index < -0.39 is 23.4 Å². The maximum atomic E-state index is 10.7. The van der Waals surface area contributed by atoms with Gasteiger partial charge in [-0.05, 0) is 42.2 Å². The van der Waals surface area contributed by atoms with Crippen molar-refractivity contribution in [2.75, 3.05) is 0 Å². The second kappa shape index (κ2) is 7.66. The first-order chi connectivity index (χ1) is 12.6. The van der Waals surface area contributed by atoms with Crippen LogP contribution in [-0.2, 0) is 0 Å². The average Bonchev–Trinajstić information content (AvgIpc) is 2.57. The second-order valence-corrected chi connectivity index (χ2v) is 9.10. The summed E-state index contributed by atoms with van der Waals surface area (Å²) in [6.07, 6.45) is 9.78. The van der Waals surface area contributed by atoms with Crippen molar-refractivity contribution >= 4 is 5.71 Å². The zero-order chi connectivity index (χ0) is 19.8. The molecule has 7 N–H and O–H groups in total. The van der Waals surface area contributed by atoms with Crippen LogP contribution in [0.4, 0.5) is 0 Å². The lowest BCUT2D eigenvalue weighted by Gasteiger charge is -2.48. The lowest BCUT2D eigenvalue weighted by molar-refractivity contribution is -0.334. The van der Waals surface area contributed by atoms with Crippen LogP contribution in [0.5, 0.6) is 0 Å². The lowest BCUT2D eigenvalue weighted by atomic mass is 9.67. The Morgan fingerprint density at radius 3 is 2.19 bits per heavy atom. The molecular formula is C21H34N2O4. The first kappa shape index (κ1) is 20.5. The summed E-state index contributed by atoms with van der Waals surface area (Å²) in [5, 5.41) is 50.4. The Balaban J connectivity index is 1.67. The van der Waals surface area contributed by atoms with Gasteiger partial charge in [0, 0.05) is 19.3 Å². The van der Waals surface area contributed by atoms with Gasteiger partial charge in [0.1, 0.15) is 0 Å². The molecule has 0 spiro atoms. The van der Waals surface area contributed by atoms with E-state index in [1.54, 1.807) is 6.08 Å². The summed E-state index contributed by atoms with van der Waals surface area (Å²) in [7, 11) is 0. The van der Waals surface area contributed by atoms with Gasteiger partial charge in [0.15, 0.2) is 11.6 Å². The molecule has 2 saturated carbocycles. The van der Waals surface area contributed by atoms with Gasteiger partial charge >= 0.3 is 0 Å². The second-order valence-electron chi connectivity index (χ2n) is 9.10. The predicted molar refractivity (Wildman–Crippen MR) is 104 cm³/mol. The quantitative estimate of drug-likeness (QED) is 0.417. The Morgan fingerprint density at radius 2 is 1.63 bits per heavy atom. The minimum atomic E-state index is -2.14. The fourth-order valence-corrected chi connectivity index (χ4v) is 5.12. The minimum Gasteiger partial charge on any atom is -0.397 e. The maximum Gasteiger partial charge on any atom is 0.171 e. The molecule has 0 aromatic heterocycles. The smallest absolute Gasteiger partial charge is 0.171 e. The van der Waals surface area contributed by atoms with E-state index in [0.29, 0.717) is 30.2 Å². The largest absolute Gasteiger partial charge is 0.397 e. The number of nitrogens with two attached hydrogens (primary N) is 1. The van der Waals surface area contributed by atoms with Gasteiger partial charge in [-0.3, -0.25) is 0 Å². The summed E-state index contributed by atoms with van der Waals surface area (Å²) in [6.45, 7) is 2.26. The number of allylic oxidation sites excluding steroid dienone is 4. The zero-order valence-corrected chi connectivity index (χ0v) is 16.2. The van der Waals surface area contributed by atoms with E-state index in [1.165, 1.54) is 12.8 Å². The van der Waals surface area contributed by atoms with Gasteiger partial charge in [-0.15, -0.1) is 0 Å². The van der Waals surface area contributed by atoms with E-state index in [2.05, 4.69) is 6.92 Å². The van der Waals surface area contributed by atoms with E-state index in [4.69, 9.17) is 11.1 Å². The van der Waals surface area contributed by atoms with Crippen LogP contribution in [0.3, 0.4) is 0 Å². The highest BCUT2D eigenvalue weighted by atomic mass is 16.5. The summed E-state index contributed by atoms with van der Waals surface area (Å²) in [5.41, 5.74) is 7.25. The van der Waals surface area contributed by atoms with Crippen molar-refractivity contribution < 1.29 is 20.4 Å². The third kappa shape index (κ3) is 4.62. The van der Waals surface area contributed by atoms with Crippen LogP contribution in [-0.4, -0.2) is 37.7 Å². The summed E-state index contributed by atoms with van der Waals surface area (Å²) in [6, 6.07) is 0. The number of nitrogens with one attached hydrogen (secondary N) is 1. The fourth-order valence-electron chi connectivity index (χ4n) is 5.12. The maximum absolute atomic E-state index is 10.7. The topological polar surface area (TPSA) is 131 Å². The Morgan fingerprint density at radius 1 is 1.04 bits per heavy atom. The van der Waals surface area contributed by atoms with Gasteiger partial charge in [0.05, 0.1) is 17.3 Å². The molecule has 0 aromatic rings.